The Labute approximate surface area is 307 Å². The number of nitrogens with zero attached hydrogens (tertiary/aromatic N) is 4. The van der Waals surface area contributed by atoms with Gasteiger partial charge in [0.05, 0.1) is 18.5 Å². The number of primary amides is 1. The first kappa shape index (κ1) is 37.9. The summed E-state index contributed by atoms with van der Waals surface area (Å²) in [6, 6.07) is 21.7. The van der Waals surface area contributed by atoms with Gasteiger partial charge in [0.2, 0.25) is 11.2 Å². The van der Waals surface area contributed by atoms with Crippen LogP contribution in [0.5, 0.6) is 0 Å². The number of rotatable bonds is 4. The van der Waals surface area contributed by atoms with Gasteiger partial charge in [-0.25, -0.2) is 14.8 Å². The zero-order valence-corrected chi connectivity index (χ0v) is 30.1. The van der Waals surface area contributed by atoms with E-state index in [0.29, 0.717) is 41.2 Å². The van der Waals surface area contributed by atoms with Crippen LogP contribution in [0.4, 0.5) is 0 Å². The Kier molecular flexibility index (Phi) is 11.1. The molecule has 0 unspecified atom stereocenters. The number of carbonyl (C=O) groups is 4. The number of nitrogens with two attached hydrogens (primary N) is 1. The molecule has 2 fully saturated rings. The molecule has 53 heavy (non-hydrogen) atoms. The maximum Gasteiger partial charge on any atom is 0.356 e. The van der Waals surface area contributed by atoms with Gasteiger partial charge in [-0.2, -0.15) is 0 Å². The first-order chi connectivity index (χ1) is 25.1. The van der Waals surface area contributed by atoms with Crippen LogP contribution in [0, 0.1) is 37.5 Å². The monoisotopic (exact) mass is 713 g/mol. The van der Waals surface area contributed by atoms with Gasteiger partial charge in [-0.15, -0.1) is 0 Å². The lowest BCUT2D eigenvalue weighted by Gasteiger charge is -2.13. The zero-order valence-electron chi connectivity index (χ0n) is 30.1. The van der Waals surface area contributed by atoms with Gasteiger partial charge in [0.1, 0.15) is 5.69 Å². The van der Waals surface area contributed by atoms with Crippen LogP contribution in [0.25, 0.3) is 22.5 Å². The third-order valence-corrected chi connectivity index (χ3v) is 8.97. The quantitative estimate of drug-likeness (QED) is 0.212. The Morgan fingerprint density at radius 1 is 0.736 bits per heavy atom. The smallest absolute Gasteiger partial charge is 0.356 e. The largest absolute Gasteiger partial charge is 0.464 e. The number of likely N-dealkylation sites (tertiary alicyclic amines) is 2. The average Bonchev–Trinajstić information content (AvgIpc) is 3.57. The number of hydrogen-bond acceptors (Lipinski definition) is 9. The van der Waals surface area contributed by atoms with Crippen molar-refractivity contribution in [3.8, 4) is 46.2 Å². The fourth-order valence-corrected chi connectivity index (χ4v) is 5.73. The van der Waals surface area contributed by atoms with Gasteiger partial charge in [0.15, 0.2) is 5.69 Å². The Bertz CT molecular complexity index is 2250. The standard InChI is InChI=1S/C21H20N2O4.C20H19N3O3/c1-14-7-8-17(22-18(14)19(24)27-3)16-6-4-5-15(13-16)9-10-21(26)11-12-23(2)20(21)25;1-13-6-7-16(22-17(13)18(21)24)15-5-3-4-14(12-15)8-9-20(26)10-11-23(2)19(20)25/h4-8,13,26H,11-12H2,1-3H3;3-7,12,26H,10-11H2,1-2H3,(H2,21,24)/t21-;20-/m00/s1. The molecule has 0 saturated carbocycles. The molecule has 2 aromatic heterocycles. The number of likely N-dealkylation sites (N-methyl/N-ethyl adjacent to an activating group) is 2. The molecule has 2 atom stereocenters. The number of aryl methyl sites for hydroxylation is 2. The predicted octanol–water partition coefficient (Wildman–Crippen LogP) is 2.89. The number of aliphatic hydroxyl groups is 2. The normalized spacial score (nSPS) is 19.0. The van der Waals surface area contributed by atoms with Crippen molar-refractivity contribution in [3.63, 3.8) is 0 Å². The molecule has 4 heterocycles. The van der Waals surface area contributed by atoms with Crippen LogP contribution in [-0.2, 0) is 14.3 Å². The molecule has 0 radical (unpaired) electrons. The van der Waals surface area contributed by atoms with E-state index < -0.39 is 23.1 Å². The number of carbonyl (C=O) groups excluding carboxylic acids is 4. The number of methoxy groups -OCH3 is 1. The highest BCUT2D eigenvalue weighted by Gasteiger charge is 2.43. The molecule has 0 spiro atoms. The third kappa shape index (κ3) is 8.42. The maximum atomic E-state index is 12.0. The topological polar surface area (TPSA) is 176 Å². The minimum atomic E-state index is -1.63. The highest BCUT2D eigenvalue weighted by molar-refractivity contribution is 5.93. The van der Waals surface area contributed by atoms with Gasteiger partial charge in [0.25, 0.3) is 17.7 Å². The van der Waals surface area contributed by atoms with E-state index >= 15 is 0 Å². The van der Waals surface area contributed by atoms with Crippen molar-refractivity contribution in [1.29, 1.82) is 0 Å². The summed E-state index contributed by atoms with van der Waals surface area (Å²) >= 11 is 0. The summed E-state index contributed by atoms with van der Waals surface area (Å²) in [5.41, 5.74) is 8.06. The van der Waals surface area contributed by atoms with Gasteiger partial charge in [-0.05, 0) is 61.4 Å². The van der Waals surface area contributed by atoms with Crippen LogP contribution in [0.15, 0.2) is 72.8 Å². The molecule has 0 aliphatic carbocycles. The molecule has 12 heteroatoms. The van der Waals surface area contributed by atoms with Gasteiger partial charge in [0, 0.05) is 62.3 Å². The van der Waals surface area contributed by atoms with E-state index in [1.807, 2.05) is 30.3 Å². The van der Waals surface area contributed by atoms with Crippen LogP contribution in [0.2, 0.25) is 0 Å². The third-order valence-electron chi connectivity index (χ3n) is 8.97. The second kappa shape index (κ2) is 15.5. The molecule has 2 aromatic carbocycles. The number of esters is 1. The molecule has 270 valence electrons. The van der Waals surface area contributed by atoms with E-state index in [-0.39, 0.29) is 36.0 Å². The van der Waals surface area contributed by atoms with Crippen molar-refractivity contribution in [2.24, 2.45) is 5.73 Å². The molecule has 6 rings (SSSR count). The van der Waals surface area contributed by atoms with E-state index in [9.17, 15) is 29.4 Å². The lowest BCUT2D eigenvalue weighted by molar-refractivity contribution is -0.138. The number of hydrogen-bond donors (Lipinski definition) is 3. The molecule has 4 aromatic rings. The first-order valence-corrected chi connectivity index (χ1v) is 16.7. The van der Waals surface area contributed by atoms with Crippen molar-refractivity contribution < 1.29 is 34.1 Å². The van der Waals surface area contributed by atoms with Crippen molar-refractivity contribution in [3.05, 3.63) is 106 Å². The molecular formula is C41H39N5O7. The highest BCUT2D eigenvalue weighted by Crippen LogP contribution is 2.24. The highest BCUT2D eigenvalue weighted by atomic mass is 16.5. The lowest BCUT2D eigenvalue weighted by Crippen LogP contribution is -2.37. The van der Waals surface area contributed by atoms with Crippen LogP contribution in [-0.4, -0.2) is 99.2 Å². The van der Waals surface area contributed by atoms with Crippen LogP contribution < -0.4 is 5.73 Å². The Hall–Kier alpha value is -6.34. The first-order valence-electron chi connectivity index (χ1n) is 16.7. The molecule has 2 aliphatic rings. The van der Waals surface area contributed by atoms with E-state index in [1.165, 1.54) is 16.9 Å². The van der Waals surface area contributed by atoms with Gasteiger partial charge >= 0.3 is 5.97 Å². The molecule has 3 amide bonds. The minimum absolute atomic E-state index is 0.230. The zero-order chi connectivity index (χ0) is 38.5. The average molecular weight is 714 g/mol. The number of ether oxygens (including phenoxy) is 1. The van der Waals surface area contributed by atoms with Crippen LogP contribution in [0.1, 0.15) is 56.1 Å². The van der Waals surface area contributed by atoms with Crippen molar-refractivity contribution in [2.45, 2.75) is 37.9 Å². The van der Waals surface area contributed by atoms with Gasteiger partial charge in [-0.1, -0.05) is 60.1 Å². The van der Waals surface area contributed by atoms with E-state index in [0.717, 1.165) is 16.7 Å². The molecule has 12 nitrogen and oxygen atoms in total. The number of amides is 3. The second-order valence-electron chi connectivity index (χ2n) is 12.9. The number of pyridine rings is 2. The Balaban J connectivity index is 0.000000204. The Morgan fingerprint density at radius 2 is 1.17 bits per heavy atom. The van der Waals surface area contributed by atoms with Crippen molar-refractivity contribution >= 4 is 23.7 Å². The Morgan fingerprint density at radius 3 is 1.57 bits per heavy atom. The predicted molar refractivity (Wildman–Crippen MR) is 197 cm³/mol. The summed E-state index contributed by atoms with van der Waals surface area (Å²) in [6.45, 7) is 4.53. The fourth-order valence-electron chi connectivity index (χ4n) is 5.73. The molecule has 0 bridgehead atoms. The van der Waals surface area contributed by atoms with E-state index in [4.69, 9.17) is 10.5 Å². The lowest BCUT2D eigenvalue weighted by atomic mass is 10.0. The van der Waals surface area contributed by atoms with E-state index in [1.54, 1.807) is 70.4 Å². The summed E-state index contributed by atoms with van der Waals surface area (Å²) < 4.78 is 4.77. The summed E-state index contributed by atoms with van der Waals surface area (Å²) in [7, 11) is 4.60. The van der Waals surface area contributed by atoms with Crippen LogP contribution >= 0.6 is 0 Å². The molecule has 4 N–H and O–H groups in total. The summed E-state index contributed by atoms with van der Waals surface area (Å²) in [6.07, 6.45) is 0.577. The SMILES string of the molecule is COC(=O)c1nc(-c2cccc(C#C[C@]3(O)CCN(C)C3=O)c2)ccc1C.Cc1ccc(-c2cccc(C#C[C@]3(O)CCN(C)C3=O)c2)nc1C(N)=O. The molecule has 2 saturated heterocycles. The van der Waals surface area contributed by atoms with Crippen LogP contribution in [0.3, 0.4) is 0 Å². The summed E-state index contributed by atoms with van der Waals surface area (Å²) in [5, 5.41) is 20.8. The van der Waals surface area contributed by atoms with Gasteiger partial charge < -0.3 is 30.5 Å². The van der Waals surface area contributed by atoms with Crippen molar-refractivity contribution in [2.75, 3.05) is 34.3 Å². The number of aromatic nitrogens is 2. The molecular weight excluding hydrogens is 674 g/mol. The van der Waals surface area contributed by atoms with Crippen molar-refractivity contribution in [1.82, 2.24) is 19.8 Å². The number of benzene rings is 2. The summed E-state index contributed by atoms with van der Waals surface area (Å²) in [5.74, 6) is 9.31. The minimum Gasteiger partial charge on any atom is -0.464 e. The second-order valence-corrected chi connectivity index (χ2v) is 12.9. The maximum absolute atomic E-state index is 12.0. The molecule has 2 aliphatic heterocycles. The fraction of sp³-hybridized carbons (Fsp3) is 0.268. The van der Waals surface area contributed by atoms with Gasteiger partial charge in [-0.3, -0.25) is 14.4 Å². The summed E-state index contributed by atoms with van der Waals surface area (Å²) in [4.78, 5) is 59.0. The van der Waals surface area contributed by atoms with E-state index in [2.05, 4.69) is 33.6 Å².